The van der Waals surface area contributed by atoms with Gasteiger partial charge in [0.2, 0.25) is 11.8 Å². The summed E-state index contributed by atoms with van der Waals surface area (Å²) in [5.74, 6) is -2.22. The summed E-state index contributed by atoms with van der Waals surface area (Å²) in [6.45, 7) is 7.22. The van der Waals surface area contributed by atoms with Crippen molar-refractivity contribution >= 4 is 72.0 Å². The molecule has 2 fully saturated rings. The van der Waals surface area contributed by atoms with Gasteiger partial charge in [-0.25, -0.2) is 0 Å². The average Bonchev–Trinajstić information content (AvgIpc) is 3.78. The van der Waals surface area contributed by atoms with Crippen LogP contribution in [0.25, 0.3) is 11.6 Å². The van der Waals surface area contributed by atoms with Crippen LogP contribution in [0.1, 0.15) is 51.3 Å². The molecular formula is C48H48BClN2O7Si. The first-order valence-electron chi connectivity index (χ1n) is 20.4. The van der Waals surface area contributed by atoms with E-state index >= 15 is 0 Å². The van der Waals surface area contributed by atoms with Gasteiger partial charge >= 0.3 is 7.12 Å². The van der Waals surface area contributed by atoms with E-state index in [0.29, 0.717) is 30.0 Å². The lowest BCUT2D eigenvalue weighted by Gasteiger charge is -2.44. The quantitative estimate of drug-likeness (QED) is 0.0735. The molecule has 4 aromatic carbocycles. The molecule has 1 aromatic heterocycles. The van der Waals surface area contributed by atoms with Crippen LogP contribution in [-0.2, 0) is 18.8 Å². The normalized spacial score (nSPS) is 20.7. The number of nitrogens with zero attached hydrogens (tertiary/aromatic N) is 2. The maximum absolute atomic E-state index is 14.5. The molecule has 1 aliphatic carbocycles. The van der Waals surface area contributed by atoms with Crippen molar-refractivity contribution in [3.8, 4) is 5.75 Å². The molecule has 306 valence electrons. The number of allylic oxidation sites excluding steroid dienone is 1. The number of hydrogen-bond acceptors (Lipinski definition) is 8. The lowest BCUT2D eigenvalue weighted by molar-refractivity contribution is -0.122. The van der Waals surface area contributed by atoms with Crippen LogP contribution in [0.5, 0.6) is 5.75 Å². The second-order valence-corrected chi connectivity index (χ2v) is 21.6. The molecule has 4 atom stereocenters. The zero-order valence-electron chi connectivity index (χ0n) is 33.9. The van der Waals surface area contributed by atoms with E-state index in [1.165, 1.54) is 17.0 Å². The number of hydrogen-bond donors (Lipinski definition) is 3. The second-order valence-electron chi connectivity index (χ2n) is 16.9. The van der Waals surface area contributed by atoms with E-state index in [1.807, 2.05) is 36.4 Å². The molecule has 12 heteroatoms. The molecule has 3 N–H and O–H groups in total. The van der Waals surface area contributed by atoms with E-state index in [2.05, 4.69) is 74.3 Å². The van der Waals surface area contributed by atoms with Crippen LogP contribution in [0.3, 0.4) is 0 Å². The minimum absolute atomic E-state index is 0.0782. The smallest absolute Gasteiger partial charge is 0.488 e. The van der Waals surface area contributed by atoms with Gasteiger partial charge in [-0.2, -0.15) is 0 Å². The van der Waals surface area contributed by atoms with Crippen molar-refractivity contribution in [1.29, 1.82) is 0 Å². The average molecular weight is 839 g/mol. The third-order valence-electron chi connectivity index (χ3n) is 12.3. The number of aromatic nitrogens is 1. The molecule has 2 aliphatic heterocycles. The minimum Gasteiger partial charge on any atom is -0.508 e. The van der Waals surface area contributed by atoms with E-state index in [-0.39, 0.29) is 53.3 Å². The summed E-state index contributed by atoms with van der Waals surface area (Å²) in [4.78, 5) is 34.9. The molecule has 2 saturated heterocycles. The Hall–Kier alpha value is -5.14. The van der Waals surface area contributed by atoms with E-state index < -0.39 is 27.3 Å². The maximum Gasteiger partial charge on any atom is 0.488 e. The van der Waals surface area contributed by atoms with Crippen LogP contribution in [0.4, 0.5) is 5.69 Å². The van der Waals surface area contributed by atoms with Gasteiger partial charge in [-0.3, -0.25) is 19.5 Å². The first-order valence-corrected chi connectivity index (χ1v) is 22.7. The zero-order chi connectivity index (χ0) is 42.2. The van der Waals surface area contributed by atoms with Crippen molar-refractivity contribution in [1.82, 2.24) is 4.98 Å². The second kappa shape index (κ2) is 17.1. The first-order chi connectivity index (χ1) is 28.9. The number of pyridine rings is 1. The summed E-state index contributed by atoms with van der Waals surface area (Å²) in [6.07, 6.45) is 4.81. The van der Waals surface area contributed by atoms with Crippen LogP contribution in [0.15, 0.2) is 139 Å². The first kappa shape index (κ1) is 41.6. The number of anilines is 1. The molecule has 3 aliphatic rings. The van der Waals surface area contributed by atoms with Gasteiger partial charge in [-0.05, 0) is 111 Å². The summed E-state index contributed by atoms with van der Waals surface area (Å²) >= 11 is 6.59. The summed E-state index contributed by atoms with van der Waals surface area (Å²) in [6, 6.07) is 37.8. The number of benzene rings is 4. The van der Waals surface area contributed by atoms with Gasteiger partial charge in [0.05, 0.1) is 47.6 Å². The van der Waals surface area contributed by atoms with Crippen molar-refractivity contribution in [2.24, 2.45) is 17.8 Å². The number of rotatable bonds is 12. The highest BCUT2D eigenvalue weighted by Crippen LogP contribution is 2.51. The van der Waals surface area contributed by atoms with Crippen LogP contribution in [-0.4, -0.2) is 66.7 Å². The van der Waals surface area contributed by atoms with Crippen molar-refractivity contribution in [2.45, 2.75) is 51.2 Å². The van der Waals surface area contributed by atoms with Gasteiger partial charge < -0.3 is 24.3 Å². The molecule has 0 unspecified atom stereocenters. The van der Waals surface area contributed by atoms with Gasteiger partial charge in [-0.1, -0.05) is 111 Å². The highest BCUT2D eigenvalue weighted by atomic mass is 35.5. The van der Waals surface area contributed by atoms with Gasteiger partial charge in [0.1, 0.15) is 5.75 Å². The number of ether oxygens (including phenoxy) is 1. The van der Waals surface area contributed by atoms with Gasteiger partial charge in [0.15, 0.2) is 0 Å². The Morgan fingerprint density at radius 3 is 2.23 bits per heavy atom. The molecule has 0 saturated carbocycles. The number of halogens is 1. The lowest BCUT2D eigenvalue weighted by Crippen LogP contribution is -2.66. The number of carbonyl (C=O) groups is 2. The number of phenols is 1. The van der Waals surface area contributed by atoms with Crippen LogP contribution in [0.2, 0.25) is 10.1 Å². The van der Waals surface area contributed by atoms with Crippen molar-refractivity contribution in [3.05, 3.63) is 155 Å². The fourth-order valence-corrected chi connectivity index (χ4v) is 14.4. The third kappa shape index (κ3) is 7.82. The fraction of sp³-hybridized carbons (Fsp3) is 0.271. The van der Waals surface area contributed by atoms with Crippen molar-refractivity contribution in [3.63, 3.8) is 0 Å². The third-order valence-corrected chi connectivity index (χ3v) is 17.6. The highest BCUT2D eigenvalue weighted by molar-refractivity contribution is 6.99. The molecule has 9 nitrogen and oxygen atoms in total. The van der Waals surface area contributed by atoms with E-state index in [0.717, 1.165) is 38.4 Å². The van der Waals surface area contributed by atoms with Crippen LogP contribution in [0, 0.1) is 17.8 Å². The molecule has 8 rings (SSSR count). The number of imide groups is 1. The highest BCUT2D eigenvalue weighted by Gasteiger charge is 2.58. The monoisotopic (exact) mass is 838 g/mol. The number of carbonyl (C=O) groups excluding carboxylic acids is 2. The van der Waals surface area contributed by atoms with Crippen molar-refractivity contribution < 1.29 is 33.9 Å². The number of phenolic OH excluding ortho intramolecular Hbond substituents is 1. The molecule has 3 heterocycles. The van der Waals surface area contributed by atoms with Gasteiger partial charge in [-0.15, -0.1) is 0 Å². The molecular weight excluding hydrogens is 791 g/mol. The Balaban J connectivity index is 1.20. The SMILES string of the molecule is CC(C)(C)[Si](OCC1=C2[C@@H](CC/C(=C/c3ccc(O)cc3Cl)c3ccccn3)OC[C@@H]2[C@@H]2C(=O)N(c3cccc(B(O)O)c3)C(=O)[C@@H]2C1)(c1ccccc1)c1ccccc1. The zero-order valence-corrected chi connectivity index (χ0v) is 35.6. The Morgan fingerprint density at radius 2 is 1.60 bits per heavy atom. The lowest BCUT2D eigenvalue weighted by atomic mass is 9.69. The Labute approximate surface area is 357 Å². The predicted molar refractivity (Wildman–Crippen MR) is 239 cm³/mol. The van der Waals surface area contributed by atoms with Gasteiger partial charge in [0.25, 0.3) is 8.32 Å². The Kier molecular flexibility index (Phi) is 11.8. The number of aromatic hydroxyl groups is 1. The van der Waals surface area contributed by atoms with Gasteiger partial charge in [0, 0.05) is 12.1 Å². The minimum atomic E-state index is -3.01. The number of fused-ring (bicyclic) bond motifs is 3. The summed E-state index contributed by atoms with van der Waals surface area (Å²) < 4.78 is 14.2. The molecule has 2 amide bonds. The standard InChI is InChI=1S/C48H48BClN2O7Si/c1-48(2,3)60(37-15-6-4-7-16-37,38-17-8-5-9-18-38)59-29-33-26-39-45(47(55)52(46(39)54)35-14-12-13-34(27-35)49(56)57)40-30-58-43(44(33)40)23-21-32(42-19-10-11-24-51-42)25-31-20-22-36(53)28-41(31)50/h4-20,22,24-25,27-28,39-40,43,45,53,56-57H,21,23,26,29-30H2,1-3H3/b32-25-/t39-,40+,43-,45-/m1/s1. The summed E-state index contributed by atoms with van der Waals surface area (Å²) in [7, 11) is -4.76. The molecule has 0 radical (unpaired) electrons. The predicted octanol–water partition coefficient (Wildman–Crippen LogP) is 6.54. The number of amides is 2. The molecule has 0 spiro atoms. The largest absolute Gasteiger partial charge is 0.508 e. The van der Waals surface area contributed by atoms with E-state index in [1.54, 1.807) is 36.5 Å². The topological polar surface area (TPSA) is 129 Å². The molecule has 5 aromatic rings. The molecule has 0 bridgehead atoms. The summed E-state index contributed by atoms with van der Waals surface area (Å²) in [5.41, 5.74) is 4.95. The summed E-state index contributed by atoms with van der Waals surface area (Å²) in [5, 5.41) is 32.3. The Bertz CT molecular complexity index is 2400. The van der Waals surface area contributed by atoms with E-state index in [4.69, 9.17) is 20.8 Å². The van der Waals surface area contributed by atoms with Crippen molar-refractivity contribution in [2.75, 3.05) is 18.1 Å². The Morgan fingerprint density at radius 1 is 0.900 bits per heavy atom. The maximum atomic E-state index is 14.5. The fourth-order valence-electron chi connectivity index (χ4n) is 9.58. The van der Waals surface area contributed by atoms with E-state index in [9.17, 15) is 24.7 Å². The van der Waals surface area contributed by atoms with Crippen LogP contribution >= 0.6 is 11.6 Å². The molecule has 60 heavy (non-hydrogen) atoms. The van der Waals surface area contributed by atoms with Crippen LogP contribution < -0.4 is 20.7 Å².